The Bertz CT molecular complexity index is 613. The molecule has 1 aliphatic rings. The van der Waals surface area contributed by atoms with Crippen LogP contribution in [0.15, 0.2) is 36.4 Å². The first kappa shape index (κ1) is 11.8. The van der Waals surface area contributed by atoms with Gasteiger partial charge in [0.2, 0.25) is 0 Å². The summed E-state index contributed by atoms with van der Waals surface area (Å²) in [5, 5.41) is 12.4. The molecule has 0 fully saturated rings. The summed E-state index contributed by atoms with van der Waals surface area (Å²) in [6.45, 7) is 1.25. The number of fused-ring (bicyclic) bond motifs is 1. The standard InChI is InChI=1S/C15H14FNO2/c16-13-7-10(1-3-14(13)18)9-17-12-2-4-15-11(8-12)5-6-19-15/h1-4,7-8,17-18H,5-6,9H2. The molecule has 1 aliphatic heterocycles. The van der Waals surface area contributed by atoms with Crippen molar-refractivity contribution >= 4 is 5.69 Å². The Balaban J connectivity index is 1.70. The number of benzene rings is 2. The molecule has 0 bridgehead atoms. The monoisotopic (exact) mass is 259 g/mol. The fourth-order valence-corrected chi connectivity index (χ4v) is 2.16. The zero-order chi connectivity index (χ0) is 13.2. The third-order valence-electron chi connectivity index (χ3n) is 3.20. The van der Waals surface area contributed by atoms with Crippen molar-refractivity contribution in [2.75, 3.05) is 11.9 Å². The maximum atomic E-state index is 13.2. The lowest BCUT2D eigenvalue weighted by molar-refractivity contribution is 0.357. The molecule has 0 aromatic heterocycles. The molecule has 4 heteroatoms. The summed E-state index contributed by atoms with van der Waals surface area (Å²) in [6.07, 6.45) is 0.929. The Hall–Kier alpha value is -2.23. The van der Waals surface area contributed by atoms with Crippen molar-refractivity contribution in [3.8, 4) is 11.5 Å². The largest absolute Gasteiger partial charge is 0.505 e. The number of hydrogen-bond acceptors (Lipinski definition) is 3. The van der Waals surface area contributed by atoms with Crippen LogP contribution in [0.4, 0.5) is 10.1 Å². The number of phenolic OH excluding ortho intramolecular Hbond substituents is 1. The molecule has 3 nitrogen and oxygen atoms in total. The Morgan fingerprint density at radius 1 is 1.21 bits per heavy atom. The average Bonchev–Trinajstić information content (AvgIpc) is 2.87. The van der Waals surface area contributed by atoms with E-state index in [-0.39, 0.29) is 5.75 Å². The van der Waals surface area contributed by atoms with Crippen molar-refractivity contribution in [2.45, 2.75) is 13.0 Å². The van der Waals surface area contributed by atoms with Crippen molar-refractivity contribution in [1.29, 1.82) is 0 Å². The van der Waals surface area contributed by atoms with Crippen LogP contribution in [0.25, 0.3) is 0 Å². The van der Waals surface area contributed by atoms with E-state index in [9.17, 15) is 4.39 Å². The second-order valence-corrected chi connectivity index (χ2v) is 4.56. The minimum atomic E-state index is -0.596. The smallest absolute Gasteiger partial charge is 0.165 e. The zero-order valence-electron chi connectivity index (χ0n) is 10.3. The van der Waals surface area contributed by atoms with E-state index in [4.69, 9.17) is 9.84 Å². The van der Waals surface area contributed by atoms with Crippen LogP contribution in [0.2, 0.25) is 0 Å². The predicted octanol–water partition coefficient (Wildman–Crippen LogP) is 3.08. The van der Waals surface area contributed by atoms with E-state index in [2.05, 4.69) is 11.4 Å². The van der Waals surface area contributed by atoms with Gasteiger partial charge < -0.3 is 15.2 Å². The van der Waals surface area contributed by atoms with Crippen LogP contribution in [-0.4, -0.2) is 11.7 Å². The molecule has 19 heavy (non-hydrogen) atoms. The van der Waals surface area contributed by atoms with E-state index in [0.717, 1.165) is 30.0 Å². The molecule has 0 aliphatic carbocycles. The van der Waals surface area contributed by atoms with Gasteiger partial charge in [0, 0.05) is 18.7 Å². The summed E-state index contributed by atoms with van der Waals surface area (Å²) >= 11 is 0. The van der Waals surface area contributed by atoms with Crippen LogP contribution >= 0.6 is 0 Å². The van der Waals surface area contributed by atoms with Gasteiger partial charge in [-0.2, -0.15) is 0 Å². The van der Waals surface area contributed by atoms with Gasteiger partial charge in [-0.15, -0.1) is 0 Å². The lowest BCUT2D eigenvalue weighted by Gasteiger charge is -2.08. The summed E-state index contributed by atoms with van der Waals surface area (Å²) in [6, 6.07) is 10.3. The molecule has 0 saturated heterocycles. The predicted molar refractivity (Wildman–Crippen MR) is 71.0 cm³/mol. The van der Waals surface area contributed by atoms with Gasteiger partial charge in [-0.3, -0.25) is 0 Å². The van der Waals surface area contributed by atoms with E-state index in [1.807, 2.05) is 12.1 Å². The normalized spacial score (nSPS) is 12.9. The minimum absolute atomic E-state index is 0.321. The molecule has 2 aromatic rings. The summed E-state index contributed by atoms with van der Waals surface area (Å²) in [4.78, 5) is 0. The van der Waals surface area contributed by atoms with E-state index >= 15 is 0 Å². The van der Waals surface area contributed by atoms with Crippen molar-refractivity contribution in [3.63, 3.8) is 0 Å². The summed E-state index contributed by atoms with van der Waals surface area (Å²) in [5.41, 5.74) is 2.96. The molecule has 2 N–H and O–H groups in total. The molecule has 0 spiro atoms. The molecule has 0 unspecified atom stereocenters. The summed E-state index contributed by atoms with van der Waals surface area (Å²) in [5.74, 6) is 0.0290. The maximum absolute atomic E-state index is 13.2. The third-order valence-corrected chi connectivity index (χ3v) is 3.20. The van der Waals surface area contributed by atoms with Gasteiger partial charge in [-0.05, 0) is 41.5 Å². The summed E-state index contributed by atoms with van der Waals surface area (Å²) in [7, 11) is 0. The summed E-state index contributed by atoms with van der Waals surface area (Å²) < 4.78 is 18.6. The van der Waals surface area contributed by atoms with Crippen LogP contribution < -0.4 is 10.1 Å². The van der Waals surface area contributed by atoms with Crippen LogP contribution in [0.1, 0.15) is 11.1 Å². The lowest BCUT2D eigenvalue weighted by atomic mass is 10.1. The first-order chi connectivity index (χ1) is 9.22. The number of anilines is 1. The topological polar surface area (TPSA) is 41.5 Å². The second-order valence-electron chi connectivity index (χ2n) is 4.56. The Kier molecular flexibility index (Phi) is 2.99. The van der Waals surface area contributed by atoms with Crippen LogP contribution in [0.5, 0.6) is 11.5 Å². The average molecular weight is 259 g/mol. The van der Waals surface area contributed by atoms with Crippen LogP contribution in [0, 0.1) is 5.82 Å². The molecule has 3 rings (SSSR count). The Labute approximate surface area is 110 Å². The molecule has 2 aromatic carbocycles. The first-order valence-electron chi connectivity index (χ1n) is 6.19. The van der Waals surface area contributed by atoms with Gasteiger partial charge in [0.1, 0.15) is 5.75 Å². The van der Waals surface area contributed by atoms with Crippen molar-refractivity contribution in [2.24, 2.45) is 0 Å². The highest BCUT2D eigenvalue weighted by Crippen LogP contribution is 2.28. The highest BCUT2D eigenvalue weighted by molar-refractivity contribution is 5.52. The van der Waals surface area contributed by atoms with Gasteiger partial charge in [-0.25, -0.2) is 4.39 Å². The number of phenols is 1. The number of rotatable bonds is 3. The fourth-order valence-electron chi connectivity index (χ4n) is 2.16. The minimum Gasteiger partial charge on any atom is -0.505 e. The zero-order valence-corrected chi connectivity index (χ0v) is 10.3. The highest BCUT2D eigenvalue weighted by atomic mass is 19.1. The second kappa shape index (κ2) is 4.80. The molecular weight excluding hydrogens is 245 g/mol. The quantitative estimate of drug-likeness (QED) is 0.890. The van der Waals surface area contributed by atoms with Crippen LogP contribution in [0.3, 0.4) is 0 Å². The number of aromatic hydroxyl groups is 1. The molecular formula is C15H14FNO2. The van der Waals surface area contributed by atoms with E-state index < -0.39 is 5.82 Å². The number of halogens is 1. The number of nitrogens with one attached hydrogen (secondary N) is 1. The van der Waals surface area contributed by atoms with Crippen molar-refractivity contribution in [1.82, 2.24) is 0 Å². The highest BCUT2D eigenvalue weighted by Gasteiger charge is 2.11. The molecule has 0 saturated carbocycles. The van der Waals surface area contributed by atoms with Crippen LogP contribution in [-0.2, 0) is 13.0 Å². The molecule has 1 heterocycles. The molecule has 0 amide bonds. The Morgan fingerprint density at radius 3 is 2.95 bits per heavy atom. The fraction of sp³-hybridized carbons (Fsp3) is 0.200. The number of hydrogen-bond donors (Lipinski definition) is 2. The SMILES string of the molecule is Oc1ccc(CNc2ccc3c(c2)CCO3)cc1F. The maximum Gasteiger partial charge on any atom is 0.165 e. The van der Waals surface area contributed by atoms with E-state index in [1.165, 1.54) is 17.7 Å². The van der Waals surface area contributed by atoms with Gasteiger partial charge in [0.05, 0.1) is 6.61 Å². The first-order valence-corrected chi connectivity index (χ1v) is 6.19. The molecule has 0 radical (unpaired) electrons. The van der Waals surface area contributed by atoms with E-state index in [1.54, 1.807) is 6.07 Å². The van der Waals surface area contributed by atoms with E-state index in [0.29, 0.717) is 6.54 Å². The number of ether oxygens (including phenoxy) is 1. The van der Waals surface area contributed by atoms with Crippen molar-refractivity contribution < 1.29 is 14.2 Å². The van der Waals surface area contributed by atoms with Gasteiger partial charge in [0.15, 0.2) is 11.6 Å². The van der Waals surface area contributed by atoms with Gasteiger partial charge in [-0.1, -0.05) is 6.07 Å². The molecule has 0 atom stereocenters. The third kappa shape index (κ3) is 2.47. The van der Waals surface area contributed by atoms with Crippen molar-refractivity contribution in [3.05, 3.63) is 53.3 Å². The molecule has 98 valence electrons. The van der Waals surface area contributed by atoms with Gasteiger partial charge >= 0.3 is 0 Å². The Morgan fingerprint density at radius 2 is 2.11 bits per heavy atom. The van der Waals surface area contributed by atoms with Gasteiger partial charge in [0.25, 0.3) is 0 Å². The lowest BCUT2D eigenvalue weighted by Crippen LogP contribution is -2.00.